The molecule has 2 aromatic heterocycles. The van der Waals surface area contributed by atoms with Crippen LogP contribution in [0.15, 0.2) is 16.7 Å². The molecule has 6 heteroatoms. The van der Waals surface area contributed by atoms with Gasteiger partial charge in [0.2, 0.25) is 0 Å². The van der Waals surface area contributed by atoms with Crippen LogP contribution in [0.5, 0.6) is 0 Å². The maximum absolute atomic E-state index is 11.1. The quantitative estimate of drug-likeness (QED) is 0.726. The number of aromatic carboxylic acids is 1. The number of aromatic nitrogens is 1. The summed E-state index contributed by atoms with van der Waals surface area (Å²) < 4.78 is 9.44. The zero-order valence-corrected chi connectivity index (χ0v) is 7.73. The molecule has 0 fully saturated rings. The number of nitrogens with one attached hydrogen (secondary N) is 1. The highest BCUT2D eigenvalue weighted by Crippen LogP contribution is 2.21. The van der Waals surface area contributed by atoms with E-state index in [0.717, 1.165) is 6.26 Å². The van der Waals surface area contributed by atoms with Crippen molar-refractivity contribution in [3.63, 3.8) is 0 Å². The minimum Gasteiger partial charge on any atom is -0.477 e. The smallest absolute Gasteiger partial charge is 0.354 e. The van der Waals surface area contributed by atoms with E-state index in [4.69, 9.17) is 9.52 Å². The molecule has 0 aliphatic rings. The zero-order chi connectivity index (χ0) is 11.0. The van der Waals surface area contributed by atoms with Crippen LogP contribution in [0.3, 0.4) is 0 Å². The number of hydrogen-bond donors (Lipinski definition) is 2. The molecule has 2 aromatic rings. The number of aromatic amines is 1. The molecule has 0 aliphatic heterocycles. The summed E-state index contributed by atoms with van der Waals surface area (Å²) in [5.74, 6) is -1.69. The molecule has 78 valence electrons. The van der Waals surface area contributed by atoms with Crippen LogP contribution in [0.4, 0.5) is 0 Å². The van der Waals surface area contributed by atoms with E-state index in [1.54, 1.807) is 0 Å². The topological polar surface area (TPSA) is 92.5 Å². The van der Waals surface area contributed by atoms with Crippen molar-refractivity contribution in [2.45, 2.75) is 0 Å². The number of carbonyl (C=O) groups is 2. The Morgan fingerprint density at radius 2 is 2.27 bits per heavy atom. The Kier molecular flexibility index (Phi) is 1.96. The van der Waals surface area contributed by atoms with Crippen molar-refractivity contribution in [2.24, 2.45) is 0 Å². The predicted molar refractivity (Wildman–Crippen MR) is 48.9 cm³/mol. The molecule has 2 rings (SSSR count). The molecule has 0 aromatic carbocycles. The number of fused-ring (bicyclic) bond motifs is 1. The summed E-state index contributed by atoms with van der Waals surface area (Å²) in [4.78, 5) is 24.5. The number of H-pyrrole nitrogens is 1. The largest absolute Gasteiger partial charge is 0.477 e. The van der Waals surface area contributed by atoms with Crippen LogP contribution < -0.4 is 0 Å². The molecule has 0 unspecified atom stereocenters. The van der Waals surface area contributed by atoms with Crippen LogP contribution in [-0.2, 0) is 4.74 Å². The summed E-state index contributed by atoms with van der Waals surface area (Å²) in [6.07, 6.45) is 1.12. The second-order valence-electron chi connectivity index (χ2n) is 2.87. The lowest BCUT2D eigenvalue weighted by atomic mass is 10.3. The highest BCUT2D eigenvalue weighted by molar-refractivity contribution is 6.03. The Hall–Kier alpha value is -2.24. The highest BCUT2D eigenvalue weighted by Gasteiger charge is 2.18. The first-order valence-electron chi connectivity index (χ1n) is 4.05. The van der Waals surface area contributed by atoms with Gasteiger partial charge in [-0.1, -0.05) is 0 Å². The first kappa shape index (κ1) is 9.32. The number of carboxylic acid groups (broad SMARTS) is 1. The number of carbonyl (C=O) groups excluding carboxylic acids is 1. The number of furan rings is 1. The van der Waals surface area contributed by atoms with Crippen LogP contribution in [0.2, 0.25) is 0 Å². The first-order chi connectivity index (χ1) is 7.13. The molecule has 0 atom stereocenters. The second kappa shape index (κ2) is 3.16. The van der Waals surface area contributed by atoms with Crippen molar-refractivity contribution >= 4 is 23.0 Å². The van der Waals surface area contributed by atoms with E-state index in [-0.39, 0.29) is 16.8 Å². The fourth-order valence-electron chi connectivity index (χ4n) is 1.29. The SMILES string of the molecule is COC(=O)c1cc2occ(C(=O)O)c2[nH]1. The molecule has 0 saturated carbocycles. The number of esters is 1. The van der Waals surface area contributed by atoms with Gasteiger partial charge in [-0.25, -0.2) is 9.59 Å². The molecule has 0 radical (unpaired) electrons. The van der Waals surface area contributed by atoms with E-state index >= 15 is 0 Å². The van der Waals surface area contributed by atoms with E-state index in [9.17, 15) is 9.59 Å². The second-order valence-corrected chi connectivity index (χ2v) is 2.87. The van der Waals surface area contributed by atoms with Gasteiger partial charge in [-0.15, -0.1) is 0 Å². The third-order valence-corrected chi connectivity index (χ3v) is 1.99. The summed E-state index contributed by atoms with van der Waals surface area (Å²) in [6, 6.07) is 1.40. The zero-order valence-electron chi connectivity index (χ0n) is 7.73. The number of carboxylic acids is 1. The molecule has 2 heterocycles. The molecule has 0 amide bonds. The van der Waals surface area contributed by atoms with Crippen molar-refractivity contribution in [1.29, 1.82) is 0 Å². The van der Waals surface area contributed by atoms with Gasteiger partial charge in [0.1, 0.15) is 17.5 Å². The van der Waals surface area contributed by atoms with Crippen molar-refractivity contribution in [2.75, 3.05) is 7.11 Å². The van der Waals surface area contributed by atoms with E-state index in [1.807, 2.05) is 0 Å². The fraction of sp³-hybridized carbons (Fsp3) is 0.111. The Bertz CT molecular complexity index is 536. The molecular weight excluding hydrogens is 202 g/mol. The standard InChI is InChI=1S/C9H7NO5/c1-14-9(13)5-2-6-7(10-5)4(3-15-6)8(11)12/h2-3,10H,1H3,(H,11,12). The van der Waals surface area contributed by atoms with Crippen LogP contribution in [0, 0.1) is 0 Å². The molecule has 0 aliphatic carbocycles. The van der Waals surface area contributed by atoms with E-state index in [2.05, 4.69) is 9.72 Å². The van der Waals surface area contributed by atoms with Crippen molar-refractivity contribution in [3.8, 4) is 0 Å². The lowest BCUT2D eigenvalue weighted by Crippen LogP contribution is -2.01. The lowest BCUT2D eigenvalue weighted by molar-refractivity contribution is 0.0593. The summed E-state index contributed by atoms with van der Waals surface area (Å²) >= 11 is 0. The van der Waals surface area contributed by atoms with Gasteiger partial charge in [0, 0.05) is 6.07 Å². The van der Waals surface area contributed by atoms with Gasteiger partial charge in [-0.05, 0) is 0 Å². The number of methoxy groups -OCH3 is 1. The van der Waals surface area contributed by atoms with Gasteiger partial charge in [0.15, 0.2) is 5.58 Å². The minimum atomic E-state index is -1.12. The maximum Gasteiger partial charge on any atom is 0.354 e. The Morgan fingerprint density at radius 3 is 2.87 bits per heavy atom. The number of hydrogen-bond acceptors (Lipinski definition) is 4. The fourth-order valence-corrected chi connectivity index (χ4v) is 1.29. The molecule has 0 bridgehead atoms. The Morgan fingerprint density at radius 1 is 1.53 bits per heavy atom. The highest BCUT2D eigenvalue weighted by atomic mass is 16.5. The molecule has 2 N–H and O–H groups in total. The predicted octanol–water partition coefficient (Wildman–Crippen LogP) is 1.25. The third kappa shape index (κ3) is 1.35. The summed E-state index contributed by atoms with van der Waals surface area (Å²) in [7, 11) is 1.24. The number of rotatable bonds is 2. The van der Waals surface area contributed by atoms with E-state index in [1.165, 1.54) is 13.2 Å². The monoisotopic (exact) mass is 209 g/mol. The Balaban J connectivity index is 2.57. The van der Waals surface area contributed by atoms with E-state index < -0.39 is 11.9 Å². The van der Waals surface area contributed by atoms with Gasteiger partial charge >= 0.3 is 11.9 Å². The van der Waals surface area contributed by atoms with Gasteiger partial charge in [-0.2, -0.15) is 0 Å². The molecule has 6 nitrogen and oxygen atoms in total. The molecule has 15 heavy (non-hydrogen) atoms. The van der Waals surface area contributed by atoms with Gasteiger partial charge in [-0.3, -0.25) is 0 Å². The van der Waals surface area contributed by atoms with Crippen molar-refractivity contribution in [3.05, 3.63) is 23.6 Å². The van der Waals surface area contributed by atoms with Crippen LogP contribution in [0.1, 0.15) is 20.8 Å². The van der Waals surface area contributed by atoms with Gasteiger partial charge < -0.3 is 19.2 Å². The number of ether oxygens (including phenoxy) is 1. The summed E-state index contributed by atoms with van der Waals surface area (Å²) in [5, 5.41) is 8.78. The van der Waals surface area contributed by atoms with Crippen LogP contribution in [0.25, 0.3) is 11.1 Å². The summed E-state index contributed by atoms with van der Waals surface area (Å²) in [6.45, 7) is 0. The average Bonchev–Trinajstić information content (AvgIpc) is 2.73. The normalized spacial score (nSPS) is 10.5. The maximum atomic E-state index is 11.1. The van der Waals surface area contributed by atoms with Crippen LogP contribution >= 0.6 is 0 Å². The summed E-state index contributed by atoms with van der Waals surface area (Å²) in [5.41, 5.74) is 0.741. The first-order valence-corrected chi connectivity index (χ1v) is 4.05. The minimum absolute atomic E-state index is 0.0137. The average molecular weight is 209 g/mol. The van der Waals surface area contributed by atoms with Gasteiger partial charge in [0.25, 0.3) is 0 Å². The van der Waals surface area contributed by atoms with Crippen molar-refractivity contribution < 1.29 is 23.8 Å². The Labute approximate surface area is 83.4 Å². The molecular formula is C9H7NO5. The lowest BCUT2D eigenvalue weighted by Gasteiger charge is -1.92. The van der Waals surface area contributed by atoms with Gasteiger partial charge in [0.05, 0.1) is 12.6 Å². The molecule has 0 spiro atoms. The van der Waals surface area contributed by atoms with Crippen molar-refractivity contribution in [1.82, 2.24) is 4.98 Å². The van der Waals surface area contributed by atoms with Crippen LogP contribution in [-0.4, -0.2) is 29.1 Å². The third-order valence-electron chi connectivity index (χ3n) is 1.99. The molecule has 0 saturated heterocycles. The van der Waals surface area contributed by atoms with E-state index in [0.29, 0.717) is 5.58 Å².